The van der Waals surface area contributed by atoms with Gasteiger partial charge >= 0.3 is 0 Å². The van der Waals surface area contributed by atoms with Gasteiger partial charge in [-0.3, -0.25) is 4.79 Å². The molecule has 0 aromatic heterocycles. The van der Waals surface area contributed by atoms with Gasteiger partial charge in [0.25, 0.3) is 0 Å². The highest BCUT2D eigenvalue weighted by molar-refractivity contribution is 9.11. The highest BCUT2D eigenvalue weighted by Crippen LogP contribution is 2.40. The lowest BCUT2D eigenvalue weighted by Crippen LogP contribution is -2.00. The van der Waals surface area contributed by atoms with Crippen molar-refractivity contribution in [1.82, 2.24) is 0 Å². The Labute approximate surface area is 98.9 Å². The third-order valence-corrected chi connectivity index (χ3v) is 3.02. The lowest BCUT2D eigenvalue weighted by Gasteiger charge is -1.98. The van der Waals surface area contributed by atoms with Crippen molar-refractivity contribution in [2.75, 3.05) is 0 Å². The Morgan fingerprint density at radius 1 is 1.29 bits per heavy atom. The number of rotatable bonds is 2. The van der Waals surface area contributed by atoms with Crippen LogP contribution in [0.15, 0.2) is 27.1 Å². The molecular weight excluding hydrogens is 312 g/mol. The van der Waals surface area contributed by atoms with Gasteiger partial charge in [-0.25, -0.2) is 0 Å². The number of epoxide rings is 1. The molecule has 74 valence electrons. The summed E-state index contributed by atoms with van der Waals surface area (Å²) in [5, 5.41) is 0. The number of ether oxygens (including phenoxy) is 1. The molecule has 4 heteroatoms. The van der Waals surface area contributed by atoms with Crippen molar-refractivity contribution >= 4 is 37.6 Å². The smallest absolute Gasteiger partial charge is 0.161 e. The monoisotopic (exact) mass is 318 g/mol. The summed E-state index contributed by atoms with van der Waals surface area (Å²) >= 11 is 6.79. The molecule has 0 aliphatic carbocycles. The van der Waals surface area contributed by atoms with Crippen LogP contribution in [0, 0.1) is 0 Å². The zero-order valence-electron chi connectivity index (χ0n) is 7.46. The summed E-state index contributed by atoms with van der Waals surface area (Å²) in [4.78, 5) is 11.0. The van der Waals surface area contributed by atoms with Gasteiger partial charge in [0.1, 0.15) is 12.2 Å². The highest BCUT2D eigenvalue weighted by atomic mass is 79.9. The number of carbonyl (C=O) groups excluding carboxylic acids is 1. The standard InChI is InChI=1S/C10H8Br2O2/c1-5(13)9-10(14-9)6-2-7(11)4-8(12)3-6/h2-4,9-10H,1H3/t9-,10-/m1/s1. The maximum absolute atomic E-state index is 11.0. The van der Waals surface area contributed by atoms with Gasteiger partial charge in [-0.15, -0.1) is 0 Å². The topological polar surface area (TPSA) is 29.6 Å². The fraction of sp³-hybridized carbons (Fsp3) is 0.300. The Bertz CT molecular complexity index is 369. The minimum absolute atomic E-state index is 0.0544. The number of Topliss-reactive ketones (excluding diaryl/α,β-unsaturated/α-hetero) is 1. The Hall–Kier alpha value is -0.190. The molecular formula is C10H8Br2O2. The minimum atomic E-state index is -0.240. The van der Waals surface area contributed by atoms with Crippen molar-refractivity contribution in [2.45, 2.75) is 19.1 Å². The molecule has 1 saturated heterocycles. The predicted molar refractivity (Wildman–Crippen MR) is 60.1 cm³/mol. The molecule has 1 aromatic rings. The molecule has 0 spiro atoms. The molecule has 0 amide bonds. The average Bonchev–Trinajstić information content (AvgIpc) is 2.79. The molecule has 14 heavy (non-hydrogen) atoms. The molecule has 2 rings (SSSR count). The summed E-state index contributed by atoms with van der Waals surface area (Å²) in [6.45, 7) is 1.55. The zero-order chi connectivity index (χ0) is 10.3. The molecule has 0 N–H and O–H groups in total. The SMILES string of the molecule is CC(=O)[C@H]1O[C@@H]1c1cc(Br)cc(Br)c1. The van der Waals surface area contributed by atoms with E-state index in [1.807, 2.05) is 18.2 Å². The third-order valence-electron chi connectivity index (χ3n) is 2.11. The maximum atomic E-state index is 11.0. The van der Waals surface area contributed by atoms with E-state index in [1.165, 1.54) is 0 Å². The van der Waals surface area contributed by atoms with Crippen LogP contribution in [-0.4, -0.2) is 11.9 Å². The van der Waals surface area contributed by atoms with E-state index in [9.17, 15) is 4.79 Å². The second-order valence-corrected chi connectivity index (χ2v) is 5.12. The van der Waals surface area contributed by atoms with Gasteiger partial charge in [0, 0.05) is 8.95 Å². The van der Waals surface area contributed by atoms with Gasteiger partial charge < -0.3 is 4.74 Å². The molecule has 2 nitrogen and oxygen atoms in total. The van der Waals surface area contributed by atoms with Crippen LogP contribution in [0.25, 0.3) is 0 Å². The summed E-state index contributed by atoms with van der Waals surface area (Å²) < 4.78 is 7.25. The molecule has 0 saturated carbocycles. The van der Waals surface area contributed by atoms with Crippen molar-refractivity contribution in [1.29, 1.82) is 0 Å². The summed E-state index contributed by atoms with van der Waals surface area (Å²) in [7, 11) is 0. The Kier molecular flexibility index (Phi) is 2.77. The third kappa shape index (κ3) is 2.07. The van der Waals surface area contributed by atoms with Crippen molar-refractivity contribution in [2.24, 2.45) is 0 Å². The number of benzene rings is 1. The van der Waals surface area contributed by atoms with Gasteiger partial charge in [0.15, 0.2) is 5.78 Å². The first kappa shape index (κ1) is 10.3. The Morgan fingerprint density at radius 3 is 2.29 bits per heavy atom. The van der Waals surface area contributed by atoms with Crippen molar-refractivity contribution in [3.05, 3.63) is 32.7 Å². The van der Waals surface area contributed by atoms with Crippen LogP contribution in [0.5, 0.6) is 0 Å². The van der Waals surface area contributed by atoms with Gasteiger partial charge in [-0.1, -0.05) is 31.9 Å². The Morgan fingerprint density at radius 2 is 1.86 bits per heavy atom. The lowest BCUT2D eigenvalue weighted by atomic mass is 10.1. The van der Waals surface area contributed by atoms with Gasteiger partial charge in [-0.2, -0.15) is 0 Å². The molecule has 1 fully saturated rings. The van der Waals surface area contributed by atoms with Crippen LogP contribution >= 0.6 is 31.9 Å². The normalized spacial score (nSPS) is 24.8. The molecule has 0 unspecified atom stereocenters. The maximum Gasteiger partial charge on any atom is 0.161 e. The van der Waals surface area contributed by atoms with Crippen LogP contribution < -0.4 is 0 Å². The van der Waals surface area contributed by atoms with E-state index >= 15 is 0 Å². The minimum Gasteiger partial charge on any atom is -0.356 e. The summed E-state index contributed by atoms with van der Waals surface area (Å²) in [6, 6.07) is 5.89. The summed E-state index contributed by atoms with van der Waals surface area (Å²) in [6.07, 6.45) is -0.294. The number of halogens is 2. The van der Waals surface area contributed by atoms with Crippen molar-refractivity contribution in [3.8, 4) is 0 Å². The first-order valence-electron chi connectivity index (χ1n) is 4.20. The number of hydrogen-bond donors (Lipinski definition) is 0. The molecule has 2 atom stereocenters. The highest BCUT2D eigenvalue weighted by Gasteiger charge is 2.43. The van der Waals surface area contributed by atoms with Crippen molar-refractivity contribution in [3.63, 3.8) is 0 Å². The van der Waals surface area contributed by atoms with E-state index in [1.54, 1.807) is 6.92 Å². The van der Waals surface area contributed by atoms with E-state index in [2.05, 4.69) is 31.9 Å². The van der Waals surface area contributed by atoms with Gasteiger partial charge in [0.05, 0.1) is 0 Å². The van der Waals surface area contributed by atoms with E-state index in [0.717, 1.165) is 14.5 Å². The van der Waals surface area contributed by atoms with Crippen molar-refractivity contribution < 1.29 is 9.53 Å². The fourth-order valence-electron chi connectivity index (χ4n) is 1.41. The molecule has 1 aliphatic rings. The molecule has 1 aromatic carbocycles. The fourth-order valence-corrected chi connectivity index (χ4v) is 2.74. The largest absolute Gasteiger partial charge is 0.356 e. The van der Waals surface area contributed by atoms with Crippen LogP contribution in [0.1, 0.15) is 18.6 Å². The summed E-state index contributed by atoms with van der Waals surface area (Å²) in [5.41, 5.74) is 1.03. The van der Waals surface area contributed by atoms with Crippen LogP contribution in [0.2, 0.25) is 0 Å². The van der Waals surface area contributed by atoms with Gasteiger partial charge in [-0.05, 0) is 30.7 Å². The van der Waals surface area contributed by atoms with Crippen LogP contribution in [0.3, 0.4) is 0 Å². The van der Waals surface area contributed by atoms with Crippen LogP contribution in [-0.2, 0) is 9.53 Å². The van der Waals surface area contributed by atoms with Gasteiger partial charge in [0.2, 0.25) is 0 Å². The van der Waals surface area contributed by atoms with E-state index in [0.29, 0.717) is 0 Å². The molecule has 0 radical (unpaired) electrons. The first-order chi connectivity index (χ1) is 6.58. The number of carbonyl (C=O) groups is 1. The number of ketones is 1. The first-order valence-corrected chi connectivity index (χ1v) is 5.78. The Balaban J connectivity index is 2.23. The predicted octanol–water partition coefficient (Wildman–Crippen LogP) is 3.24. The van der Waals surface area contributed by atoms with E-state index < -0.39 is 0 Å². The summed E-state index contributed by atoms with van der Waals surface area (Å²) in [5.74, 6) is 0.0890. The molecule has 1 aliphatic heterocycles. The van der Waals surface area contributed by atoms with E-state index in [-0.39, 0.29) is 18.0 Å². The van der Waals surface area contributed by atoms with Crippen LogP contribution in [0.4, 0.5) is 0 Å². The quantitative estimate of drug-likeness (QED) is 0.783. The second kappa shape index (κ2) is 3.76. The zero-order valence-corrected chi connectivity index (χ0v) is 10.6. The molecule has 0 bridgehead atoms. The lowest BCUT2D eigenvalue weighted by molar-refractivity contribution is -0.118. The molecule has 1 heterocycles. The second-order valence-electron chi connectivity index (χ2n) is 3.29. The average molecular weight is 320 g/mol. The van der Waals surface area contributed by atoms with E-state index in [4.69, 9.17) is 4.74 Å². The number of hydrogen-bond acceptors (Lipinski definition) is 2.